The Kier molecular flexibility index (Phi) is 5.40. The summed E-state index contributed by atoms with van der Waals surface area (Å²) in [5.41, 5.74) is 3.58. The molecule has 0 radical (unpaired) electrons. The number of aromatic nitrogens is 2. The molecule has 0 unspecified atom stereocenters. The molecule has 2 aromatic heterocycles. The number of nitrogens with one attached hydrogen (secondary N) is 1. The minimum atomic E-state index is -0.235. The second-order valence-corrected chi connectivity index (χ2v) is 6.97. The quantitative estimate of drug-likeness (QED) is 0.483. The minimum Gasteiger partial charge on any atom is -0.487 e. The van der Waals surface area contributed by atoms with Crippen LogP contribution in [0.3, 0.4) is 0 Å². The summed E-state index contributed by atoms with van der Waals surface area (Å²) in [5, 5.41) is 4.21. The Morgan fingerprint density at radius 2 is 1.97 bits per heavy atom. The van der Waals surface area contributed by atoms with Crippen LogP contribution in [0, 0.1) is 6.92 Å². The third-order valence-corrected chi connectivity index (χ3v) is 4.76. The van der Waals surface area contributed by atoms with Gasteiger partial charge in [0.05, 0.1) is 21.8 Å². The number of aryl methyl sites for hydroxylation is 1. The lowest BCUT2D eigenvalue weighted by atomic mass is 10.1. The van der Waals surface area contributed by atoms with Gasteiger partial charge < -0.3 is 10.1 Å². The molecule has 0 fully saturated rings. The number of nitrogens with zero attached hydrogens (tertiary/aromatic N) is 2. The van der Waals surface area contributed by atoms with Gasteiger partial charge in [-0.05, 0) is 43.3 Å². The van der Waals surface area contributed by atoms with Crippen LogP contribution in [0.2, 0.25) is 5.02 Å². The van der Waals surface area contributed by atoms with E-state index in [2.05, 4.69) is 15.3 Å². The first-order valence-corrected chi connectivity index (χ1v) is 9.47. The predicted octanol–water partition coefficient (Wildman–Crippen LogP) is 5.42. The van der Waals surface area contributed by atoms with E-state index >= 15 is 0 Å². The van der Waals surface area contributed by atoms with Crippen LogP contribution in [0.5, 0.6) is 5.75 Å². The van der Waals surface area contributed by atoms with E-state index in [9.17, 15) is 4.79 Å². The standard InChI is InChI=1S/C23H18ClN3O2/c1-15-19(11-17-6-2-3-7-21(17)26-15)23(28)27-18-8-9-22(20(24)12-18)29-14-16-5-4-10-25-13-16/h2-13H,14H2,1H3,(H,27,28). The van der Waals surface area contributed by atoms with Gasteiger partial charge in [-0.1, -0.05) is 35.9 Å². The van der Waals surface area contributed by atoms with E-state index in [1.165, 1.54) is 0 Å². The van der Waals surface area contributed by atoms with Gasteiger partial charge in [0.2, 0.25) is 0 Å². The highest BCUT2D eigenvalue weighted by Crippen LogP contribution is 2.29. The van der Waals surface area contributed by atoms with Gasteiger partial charge in [0, 0.05) is 29.0 Å². The summed E-state index contributed by atoms with van der Waals surface area (Å²) in [5.74, 6) is 0.304. The van der Waals surface area contributed by atoms with E-state index in [0.29, 0.717) is 34.3 Å². The smallest absolute Gasteiger partial charge is 0.257 e. The summed E-state index contributed by atoms with van der Waals surface area (Å²) in [6.45, 7) is 2.19. The zero-order valence-electron chi connectivity index (χ0n) is 15.7. The number of para-hydroxylation sites is 1. The van der Waals surface area contributed by atoms with E-state index in [0.717, 1.165) is 16.5 Å². The van der Waals surface area contributed by atoms with Crippen LogP contribution in [0.15, 0.2) is 73.1 Å². The summed E-state index contributed by atoms with van der Waals surface area (Å²) in [7, 11) is 0. The van der Waals surface area contributed by atoms with Crippen LogP contribution in [0.25, 0.3) is 10.9 Å². The second kappa shape index (κ2) is 8.29. The molecule has 6 heteroatoms. The van der Waals surface area contributed by atoms with E-state index in [4.69, 9.17) is 16.3 Å². The van der Waals surface area contributed by atoms with Gasteiger partial charge in [-0.15, -0.1) is 0 Å². The van der Waals surface area contributed by atoms with E-state index in [1.54, 1.807) is 30.6 Å². The molecular formula is C23H18ClN3O2. The largest absolute Gasteiger partial charge is 0.487 e. The highest BCUT2D eigenvalue weighted by molar-refractivity contribution is 6.32. The van der Waals surface area contributed by atoms with Crippen molar-refractivity contribution in [3.8, 4) is 5.75 Å². The zero-order chi connectivity index (χ0) is 20.2. The summed E-state index contributed by atoms with van der Waals surface area (Å²) < 4.78 is 5.74. The fourth-order valence-corrected chi connectivity index (χ4v) is 3.22. The summed E-state index contributed by atoms with van der Waals surface area (Å²) >= 11 is 6.33. The van der Waals surface area contributed by atoms with Crippen LogP contribution < -0.4 is 10.1 Å². The molecule has 0 saturated heterocycles. The molecule has 0 bridgehead atoms. The minimum absolute atomic E-state index is 0.235. The van der Waals surface area contributed by atoms with Crippen molar-refractivity contribution >= 4 is 34.1 Å². The number of hydrogen-bond acceptors (Lipinski definition) is 4. The van der Waals surface area contributed by atoms with E-state index in [-0.39, 0.29) is 5.91 Å². The number of rotatable bonds is 5. The predicted molar refractivity (Wildman–Crippen MR) is 114 cm³/mol. The van der Waals surface area contributed by atoms with Crippen molar-refractivity contribution in [1.82, 2.24) is 9.97 Å². The zero-order valence-corrected chi connectivity index (χ0v) is 16.5. The molecule has 0 atom stereocenters. The van der Waals surface area contributed by atoms with Gasteiger partial charge >= 0.3 is 0 Å². The van der Waals surface area contributed by atoms with Crippen molar-refractivity contribution in [2.75, 3.05) is 5.32 Å². The van der Waals surface area contributed by atoms with Crippen molar-refractivity contribution < 1.29 is 9.53 Å². The fourth-order valence-electron chi connectivity index (χ4n) is 2.98. The lowest BCUT2D eigenvalue weighted by Gasteiger charge is -2.11. The molecule has 1 N–H and O–H groups in total. The molecule has 1 amide bonds. The first kappa shape index (κ1) is 18.9. The summed E-state index contributed by atoms with van der Waals surface area (Å²) in [6.07, 6.45) is 3.45. The summed E-state index contributed by atoms with van der Waals surface area (Å²) in [4.78, 5) is 21.3. The van der Waals surface area contributed by atoms with Crippen molar-refractivity contribution in [3.63, 3.8) is 0 Å². The van der Waals surface area contributed by atoms with Gasteiger partial charge in [-0.25, -0.2) is 0 Å². The highest BCUT2D eigenvalue weighted by atomic mass is 35.5. The highest BCUT2D eigenvalue weighted by Gasteiger charge is 2.13. The van der Waals surface area contributed by atoms with Crippen LogP contribution in [-0.4, -0.2) is 15.9 Å². The molecule has 5 nitrogen and oxygen atoms in total. The third kappa shape index (κ3) is 4.36. The molecule has 4 aromatic rings. The van der Waals surface area contributed by atoms with Gasteiger partial charge in [0.1, 0.15) is 12.4 Å². The second-order valence-electron chi connectivity index (χ2n) is 6.56. The topological polar surface area (TPSA) is 64.1 Å². The Bertz CT molecular complexity index is 1180. The van der Waals surface area contributed by atoms with Gasteiger partial charge in [-0.2, -0.15) is 0 Å². The molecule has 144 valence electrons. The van der Waals surface area contributed by atoms with Crippen LogP contribution in [0.1, 0.15) is 21.6 Å². The molecule has 0 aliphatic rings. The maximum Gasteiger partial charge on any atom is 0.257 e. The first-order chi connectivity index (χ1) is 14.1. The molecular weight excluding hydrogens is 386 g/mol. The molecule has 0 saturated carbocycles. The maximum atomic E-state index is 12.8. The number of hydrogen-bond donors (Lipinski definition) is 1. The number of ether oxygens (including phenoxy) is 1. The third-order valence-electron chi connectivity index (χ3n) is 4.47. The number of anilines is 1. The monoisotopic (exact) mass is 403 g/mol. The Hall–Kier alpha value is -3.44. The van der Waals surface area contributed by atoms with Crippen molar-refractivity contribution in [3.05, 3.63) is 94.9 Å². The Labute approximate surface area is 173 Å². The van der Waals surface area contributed by atoms with Crippen LogP contribution in [-0.2, 0) is 6.61 Å². The maximum absolute atomic E-state index is 12.8. The molecule has 2 heterocycles. The van der Waals surface area contributed by atoms with Crippen LogP contribution in [0.4, 0.5) is 5.69 Å². The van der Waals surface area contributed by atoms with Crippen molar-refractivity contribution in [2.45, 2.75) is 13.5 Å². The Morgan fingerprint density at radius 1 is 1.10 bits per heavy atom. The molecule has 4 rings (SSSR count). The normalized spacial score (nSPS) is 10.7. The molecule has 0 spiro atoms. The van der Waals surface area contributed by atoms with Crippen molar-refractivity contribution in [1.29, 1.82) is 0 Å². The first-order valence-electron chi connectivity index (χ1n) is 9.09. The average Bonchev–Trinajstić information content (AvgIpc) is 2.73. The number of pyridine rings is 2. The van der Waals surface area contributed by atoms with Crippen LogP contribution >= 0.6 is 11.6 Å². The molecule has 2 aromatic carbocycles. The SMILES string of the molecule is Cc1nc2ccccc2cc1C(=O)Nc1ccc(OCc2cccnc2)c(Cl)c1. The summed E-state index contributed by atoms with van der Waals surface area (Å²) in [6, 6.07) is 18.5. The van der Waals surface area contributed by atoms with Gasteiger partial charge in [0.25, 0.3) is 5.91 Å². The fraction of sp³-hybridized carbons (Fsp3) is 0.0870. The van der Waals surface area contributed by atoms with E-state index in [1.807, 2.05) is 49.4 Å². The van der Waals surface area contributed by atoms with E-state index < -0.39 is 0 Å². The lowest BCUT2D eigenvalue weighted by Crippen LogP contribution is -2.14. The number of carbonyl (C=O) groups excluding carboxylic acids is 1. The Morgan fingerprint density at radius 3 is 2.76 bits per heavy atom. The number of amides is 1. The number of carbonyl (C=O) groups is 1. The molecule has 0 aliphatic heterocycles. The van der Waals surface area contributed by atoms with Gasteiger partial charge in [-0.3, -0.25) is 14.8 Å². The number of benzene rings is 2. The van der Waals surface area contributed by atoms with Crippen molar-refractivity contribution in [2.24, 2.45) is 0 Å². The Balaban J connectivity index is 1.49. The number of fused-ring (bicyclic) bond motifs is 1. The molecule has 29 heavy (non-hydrogen) atoms. The number of halogens is 1. The average molecular weight is 404 g/mol. The lowest BCUT2D eigenvalue weighted by molar-refractivity contribution is 0.102. The van der Waals surface area contributed by atoms with Gasteiger partial charge in [0.15, 0.2) is 0 Å². The molecule has 0 aliphatic carbocycles.